The van der Waals surface area contributed by atoms with Gasteiger partial charge in [-0.25, -0.2) is 4.79 Å². The zero-order valence-corrected chi connectivity index (χ0v) is 13.6. The third-order valence-electron chi connectivity index (χ3n) is 3.45. The van der Waals surface area contributed by atoms with Gasteiger partial charge >= 0.3 is 5.97 Å². The van der Waals surface area contributed by atoms with Crippen LogP contribution in [0.4, 0.5) is 0 Å². The molecule has 6 nitrogen and oxygen atoms in total. The number of methoxy groups -OCH3 is 1. The summed E-state index contributed by atoms with van der Waals surface area (Å²) in [6.45, 7) is 0.0143. The minimum atomic E-state index is -0.784. The maximum absolute atomic E-state index is 12.1. The topological polar surface area (TPSA) is 76.1 Å². The Labute approximate surface area is 140 Å². The lowest BCUT2D eigenvalue weighted by molar-refractivity contribution is -0.133. The Morgan fingerprint density at radius 3 is 2.46 bits per heavy atom. The van der Waals surface area contributed by atoms with Gasteiger partial charge in [0.2, 0.25) is 0 Å². The van der Waals surface area contributed by atoms with Gasteiger partial charge in [-0.1, -0.05) is 36.4 Å². The second kappa shape index (κ2) is 8.01. The zero-order valence-electron chi connectivity index (χ0n) is 13.6. The van der Waals surface area contributed by atoms with Crippen LogP contribution in [-0.4, -0.2) is 42.6 Å². The maximum atomic E-state index is 12.1. The smallest absolute Gasteiger partial charge is 0.342 e. The fraction of sp³-hybridized carbons (Fsp3) is 0.222. The summed E-state index contributed by atoms with van der Waals surface area (Å²) in [5.74, 6) is -1.27. The summed E-state index contributed by atoms with van der Waals surface area (Å²) in [6.07, 6.45) is 0. The van der Waals surface area contributed by atoms with Crippen molar-refractivity contribution in [2.45, 2.75) is 6.54 Å². The molecule has 0 bridgehead atoms. The third kappa shape index (κ3) is 4.25. The number of rotatable bonds is 6. The van der Waals surface area contributed by atoms with E-state index in [4.69, 9.17) is 9.47 Å². The summed E-state index contributed by atoms with van der Waals surface area (Å²) < 4.78 is 9.92. The lowest BCUT2D eigenvalue weighted by Crippen LogP contribution is -2.30. The zero-order chi connectivity index (χ0) is 17.5. The Bertz CT molecular complexity index is 715. The Balaban J connectivity index is 1.92. The van der Waals surface area contributed by atoms with Crippen molar-refractivity contribution in [2.24, 2.45) is 0 Å². The van der Waals surface area contributed by atoms with Crippen LogP contribution in [0.1, 0.15) is 15.9 Å². The first-order valence-corrected chi connectivity index (χ1v) is 7.34. The molecule has 0 saturated carbocycles. The van der Waals surface area contributed by atoms with Gasteiger partial charge in [0.25, 0.3) is 5.91 Å². The van der Waals surface area contributed by atoms with E-state index in [1.54, 1.807) is 13.1 Å². The number of esters is 1. The average Bonchev–Trinajstić information content (AvgIpc) is 2.60. The van der Waals surface area contributed by atoms with Gasteiger partial charge in [0.15, 0.2) is 18.1 Å². The van der Waals surface area contributed by atoms with E-state index < -0.39 is 12.6 Å². The number of ether oxygens (including phenoxy) is 2. The van der Waals surface area contributed by atoms with Crippen LogP contribution in [0, 0.1) is 0 Å². The molecule has 0 aliphatic rings. The molecule has 0 aliphatic carbocycles. The van der Waals surface area contributed by atoms with E-state index in [1.165, 1.54) is 24.1 Å². The molecule has 0 heterocycles. The highest BCUT2D eigenvalue weighted by Crippen LogP contribution is 2.29. The van der Waals surface area contributed by atoms with E-state index >= 15 is 0 Å². The van der Waals surface area contributed by atoms with Gasteiger partial charge in [-0.15, -0.1) is 0 Å². The van der Waals surface area contributed by atoms with Crippen molar-refractivity contribution >= 4 is 11.9 Å². The number of hydrogen-bond donors (Lipinski definition) is 1. The minimum absolute atomic E-state index is 0.0483. The number of amides is 1. The Morgan fingerprint density at radius 1 is 1.08 bits per heavy atom. The Kier molecular flexibility index (Phi) is 5.78. The molecular weight excluding hydrogens is 310 g/mol. The van der Waals surface area contributed by atoms with Crippen LogP contribution in [0.25, 0.3) is 0 Å². The Morgan fingerprint density at radius 2 is 1.79 bits per heavy atom. The van der Waals surface area contributed by atoms with Crippen LogP contribution in [0.5, 0.6) is 11.5 Å². The van der Waals surface area contributed by atoms with Gasteiger partial charge in [-0.3, -0.25) is 4.79 Å². The van der Waals surface area contributed by atoms with E-state index in [0.717, 1.165) is 5.56 Å². The largest absolute Gasteiger partial charge is 0.504 e. The van der Waals surface area contributed by atoms with Crippen LogP contribution < -0.4 is 4.74 Å². The highest BCUT2D eigenvalue weighted by atomic mass is 16.5. The van der Waals surface area contributed by atoms with Crippen LogP contribution in [0.15, 0.2) is 48.5 Å². The van der Waals surface area contributed by atoms with Crippen LogP contribution >= 0.6 is 0 Å². The lowest BCUT2D eigenvalue weighted by atomic mass is 10.2. The lowest BCUT2D eigenvalue weighted by Gasteiger charge is -2.17. The first-order chi connectivity index (χ1) is 11.5. The van der Waals surface area contributed by atoms with E-state index in [9.17, 15) is 14.7 Å². The predicted octanol–water partition coefficient (Wildman–Crippen LogP) is 2.22. The number of phenols is 1. The summed E-state index contributed by atoms with van der Waals surface area (Å²) >= 11 is 0. The van der Waals surface area contributed by atoms with Crippen LogP contribution in [0.2, 0.25) is 0 Å². The molecule has 1 N–H and O–H groups in total. The molecule has 126 valence electrons. The molecule has 0 aliphatic heterocycles. The molecule has 0 saturated heterocycles. The normalized spacial score (nSPS) is 10.1. The number of phenolic OH excluding ortho intramolecular Hbond substituents is 1. The van der Waals surface area contributed by atoms with Gasteiger partial charge < -0.3 is 19.5 Å². The van der Waals surface area contributed by atoms with Gasteiger partial charge in [0.05, 0.1) is 7.11 Å². The maximum Gasteiger partial charge on any atom is 0.342 e. The molecular formula is C18H19NO5. The van der Waals surface area contributed by atoms with Gasteiger partial charge in [0.1, 0.15) is 5.56 Å². The third-order valence-corrected chi connectivity index (χ3v) is 3.45. The average molecular weight is 329 g/mol. The van der Waals surface area contributed by atoms with Crippen LogP contribution in [-0.2, 0) is 16.1 Å². The van der Waals surface area contributed by atoms with Gasteiger partial charge in [-0.05, 0) is 17.7 Å². The number of aromatic hydroxyl groups is 1. The molecule has 0 unspecified atom stereocenters. The second-order valence-electron chi connectivity index (χ2n) is 5.17. The van der Waals surface area contributed by atoms with Crippen LogP contribution in [0.3, 0.4) is 0 Å². The molecule has 24 heavy (non-hydrogen) atoms. The SMILES string of the molecule is COc1cccc(C(=O)OCC(=O)N(C)Cc2ccccc2)c1O. The molecule has 2 rings (SSSR count). The molecule has 2 aromatic carbocycles. The molecule has 0 spiro atoms. The Hall–Kier alpha value is -3.02. The fourth-order valence-electron chi connectivity index (χ4n) is 2.11. The van der Waals surface area contributed by atoms with Crippen molar-refractivity contribution in [2.75, 3.05) is 20.8 Å². The number of hydrogen-bond acceptors (Lipinski definition) is 5. The summed E-state index contributed by atoms with van der Waals surface area (Å²) in [4.78, 5) is 25.5. The van der Waals surface area contributed by atoms with E-state index in [-0.39, 0.29) is 23.0 Å². The first-order valence-electron chi connectivity index (χ1n) is 7.34. The monoisotopic (exact) mass is 329 g/mol. The molecule has 0 atom stereocenters. The number of likely N-dealkylation sites (N-methyl/N-ethyl adjacent to an activating group) is 1. The van der Waals surface area contributed by atoms with Gasteiger partial charge in [0, 0.05) is 13.6 Å². The molecule has 6 heteroatoms. The minimum Gasteiger partial charge on any atom is -0.504 e. The predicted molar refractivity (Wildman–Crippen MR) is 87.9 cm³/mol. The number of carbonyl (C=O) groups is 2. The van der Waals surface area contributed by atoms with Crippen molar-refractivity contribution in [3.05, 3.63) is 59.7 Å². The highest BCUT2D eigenvalue weighted by molar-refractivity contribution is 5.94. The van der Waals surface area contributed by atoms with Gasteiger partial charge in [-0.2, -0.15) is 0 Å². The molecule has 0 fully saturated rings. The number of nitrogens with zero attached hydrogens (tertiary/aromatic N) is 1. The standard InChI is InChI=1S/C18H19NO5/c1-19(11-13-7-4-3-5-8-13)16(20)12-24-18(22)14-9-6-10-15(23-2)17(14)21/h3-10,21H,11-12H2,1-2H3. The van der Waals surface area contributed by atoms with E-state index in [2.05, 4.69) is 0 Å². The summed E-state index contributed by atoms with van der Waals surface area (Å²) in [6, 6.07) is 14.0. The van der Waals surface area contributed by atoms with Crippen molar-refractivity contribution in [3.63, 3.8) is 0 Å². The van der Waals surface area contributed by atoms with Crippen molar-refractivity contribution in [1.29, 1.82) is 0 Å². The van der Waals surface area contributed by atoms with Crippen molar-refractivity contribution in [3.8, 4) is 11.5 Å². The van der Waals surface area contributed by atoms with E-state index in [1.807, 2.05) is 30.3 Å². The summed E-state index contributed by atoms with van der Waals surface area (Å²) in [7, 11) is 3.01. The number of para-hydroxylation sites is 1. The summed E-state index contributed by atoms with van der Waals surface area (Å²) in [5.41, 5.74) is 0.929. The van der Waals surface area contributed by atoms with E-state index in [0.29, 0.717) is 6.54 Å². The molecule has 0 radical (unpaired) electrons. The molecule has 0 aromatic heterocycles. The highest BCUT2D eigenvalue weighted by Gasteiger charge is 2.18. The first kappa shape index (κ1) is 17.3. The number of benzene rings is 2. The second-order valence-corrected chi connectivity index (χ2v) is 5.17. The van der Waals surface area contributed by atoms with Crippen molar-refractivity contribution in [1.82, 2.24) is 4.90 Å². The molecule has 2 aromatic rings. The fourth-order valence-corrected chi connectivity index (χ4v) is 2.11. The summed E-state index contributed by atoms with van der Waals surface area (Å²) in [5, 5.41) is 9.91. The molecule has 1 amide bonds. The quantitative estimate of drug-likeness (QED) is 0.822. The van der Waals surface area contributed by atoms with Crippen molar-refractivity contribution < 1.29 is 24.2 Å². The number of carbonyl (C=O) groups excluding carboxylic acids is 2.